The van der Waals surface area contributed by atoms with Gasteiger partial charge in [-0.05, 0) is 31.2 Å². The zero-order valence-corrected chi connectivity index (χ0v) is 8.84. The van der Waals surface area contributed by atoms with Gasteiger partial charge in [0.1, 0.15) is 0 Å². The molecule has 0 aromatic carbocycles. The summed E-state index contributed by atoms with van der Waals surface area (Å²) < 4.78 is 0. The van der Waals surface area contributed by atoms with Crippen LogP contribution in [0.25, 0.3) is 0 Å². The molecule has 1 aliphatic heterocycles. The first-order valence-electron chi connectivity index (χ1n) is 5.44. The fourth-order valence-corrected chi connectivity index (χ4v) is 2.17. The van der Waals surface area contributed by atoms with Crippen LogP contribution in [0.1, 0.15) is 40.0 Å². The van der Waals surface area contributed by atoms with E-state index in [9.17, 15) is 0 Å². The van der Waals surface area contributed by atoms with Gasteiger partial charge in [0.15, 0.2) is 0 Å². The minimum atomic E-state index is 0.834. The van der Waals surface area contributed by atoms with Crippen molar-refractivity contribution in [2.75, 3.05) is 19.6 Å². The molecule has 12 heavy (non-hydrogen) atoms. The Hall–Kier alpha value is -0.0400. The monoisotopic (exact) mass is 169 g/mol. The summed E-state index contributed by atoms with van der Waals surface area (Å²) in [6.45, 7) is 11.0. The lowest BCUT2D eigenvalue weighted by Crippen LogP contribution is -2.37. The van der Waals surface area contributed by atoms with Gasteiger partial charge in [-0.25, -0.2) is 0 Å². The molecule has 1 heteroatoms. The van der Waals surface area contributed by atoms with Crippen molar-refractivity contribution < 1.29 is 0 Å². The number of nitrogens with zero attached hydrogens (tertiary/aromatic N) is 1. The van der Waals surface area contributed by atoms with Gasteiger partial charge in [0.05, 0.1) is 0 Å². The maximum absolute atomic E-state index is 2.64. The van der Waals surface area contributed by atoms with Gasteiger partial charge in [-0.3, -0.25) is 0 Å². The van der Waals surface area contributed by atoms with E-state index >= 15 is 0 Å². The molecule has 0 aliphatic carbocycles. The van der Waals surface area contributed by atoms with E-state index in [1.807, 2.05) is 0 Å². The zero-order chi connectivity index (χ0) is 8.97. The second kappa shape index (κ2) is 4.86. The number of rotatable bonds is 3. The van der Waals surface area contributed by atoms with Crippen molar-refractivity contribution in [1.29, 1.82) is 0 Å². The molecular formula is C11H23N. The SMILES string of the molecule is CC[C@@H]1CCCN(CC(C)C)C1. The van der Waals surface area contributed by atoms with Crippen molar-refractivity contribution in [2.24, 2.45) is 11.8 Å². The third kappa shape index (κ3) is 3.14. The summed E-state index contributed by atoms with van der Waals surface area (Å²) in [7, 11) is 0. The van der Waals surface area contributed by atoms with Crippen LogP contribution in [0.15, 0.2) is 0 Å². The van der Waals surface area contributed by atoms with E-state index in [0.717, 1.165) is 11.8 Å². The van der Waals surface area contributed by atoms with Crippen molar-refractivity contribution in [3.8, 4) is 0 Å². The smallest absolute Gasteiger partial charge is 0.000967 e. The summed E-state index contributed by atoms with van der Waals surface area (Å²) in [4.78, 5) is 2.64. The molecule has 1 fully saturated rings. The first-order valence-corrected chi connectivity index (χ1v) is 5.44. The molecule has 0 saturated carbocycles. The molecular weight excluding hydrogens is 146 g/mol. The molecule has 0 N–H and O–H groups in total. The fraction of sp³-hybridized carbons (Fsp3) is 1.00. The Morgan fingerprint density at radius 3 is 2.75 bits per heavy atom. The van der Waals surface area contributed by atoms with Crippen LogP contribution >= 0.6 is 0 Å². The number of likely N-dealkylation sites (tertiary alicyclic amines) is 1. The van der Waals surface area contributed by atoms with Gasteiger partial charge in [-0.15, -0.1) is 0 Å². The highest BCUT2D eigenvalue weighted by Gasteiger charge is 2.18. The Morgan fingerprint density at radius 2 is 2.17 bits per heavy atom. The topological polar surface area (TPSA) is 3.24 Å². The molecule has 1 nitrogen and oxygen atoms in total. The fourth-order valence-electron chi connectivity index (χ4n) is 2.17. The van der Waals surface area contributed by atoms with Crippen LogP contribution in [-0.4, -0.2) is 24.5 Å². The van der Waals surface area contributed by atoms with Gasteiger partial charge >= 0.3 is 0 Å². The van der Waals surface area contributed by atoms with Gasteiger partial charge < -0.3 is 4.90 Å². The average Bonchev–Trinajstić information content (AvgIpc) is 2.03. The van der Waals surface area contributed by atoms with Gasteiger partial charge in [0.2, 0.25) is 0 Å². The van der Waals surface area contributed by atoms with Crippen LogP contribution < -0.4 is 0 Å². The highest BCUT2D eigenvalue weighted by molar-refractivity contribution is 4.72. The van der Waals surface area contributed by atoms with Gasteiger partial charge in [-0.2, -0.15) is 0 Å². The molecule has 72 valence electrons. The standard InChI is InChI=1S/C11H23N/c1-4-11-6-5-7-12(9-11)8-10(2)3/h10-11H,4-9H2,1-3H3/t11-/m1/s1. The zero-order valence-electron chi connectivity index (χ0n) is 8.84. The highest BCUT2D eigenvalue weighted by atomic mass is 15.1. The van der Waals surface area contributed by atoms with E-state index in [1.54, 1.807) is 0 Å². The molecule has 0 aromatic heterocycles. The van der Waals surface area contributed by atoms with E-state index in [1.165, 1.54) is 38.9 Å². The second-order valence-electron chi connectivity index (χ2n) is 4.57. The maximum atomic E-state index is 2.64. The Kier molecular flexibility index (Phi) is 4.07. The minimum absolute atomic E-state index is 0.834. The third-order valence-electron chi connectivity index (χ3n) is 2.80. The Balaban J connectivity index is 2.25. The molecule has 0 aromatic rings. The van der Waals surface area contributed by atoms with Crippen molar-refractivity contribution in [3.05, 3.63) is 0 Å². The van der Waals surface area contributed by atoms with E-state index in [-0.39, 0.29) is 0 Å². The molecule has 1 rings (SSSR count). The van der Waals surface area contributed by atoms with Crippen LogP contribution in [0.3, 0.4) is 0 Å². The lowest BCUT2D eigenvalue weighted by Gasteiger charge is -2.33. The first kappa shape index (κ1) is 10.0. The lowest BCUT2D eigenvalue weighted by molar-refractivity contribution is 0.156. The molecule has 1 heterocycles. The summed E-state index contributed by atoms with van der Waals surface area (Å²) in [6, 6.07) is 0. The summed E-state index contributed by atoms with van der Waals surface area (Å²) in [6.07, 6.45) is 4.25. The van der Waals surface area contributed by atoms with Crippen LogP contribution in [0, 0.1) is 11.8 Å². The molecule has 0 unspecified atom stereocenters. The summed E-state index contributed by atoms with van der Waals surface area (Å²) >= 11 is 0. The number of hydrogen-bond donors (Lipinski definition) is 0. The van der Waals surface area contributed by atoms with E-state index in [2.05, 4.69) is 25.7 Å². The van der Waals surface area contributed by atoms with E-state index in [0.29, 0.717) is 0 Å². The van der Waals surface area contributed by atoms with Gasteiger partial charge in [0.25, 0.3) is 0 Å². The molecule has 0 spiro atoms. The van der Waals surface area contributed by atoms with Crippen molar-refractivity contribution in [1.82, 2.24) is 4.90 Å². The van der Waals surface area contributed by atoms with Crippen molar-refractivity contribution in [2.45, 2.75) is 40.0 Å². The van der Waals surface area contributed by atoms with E-state index in [4.69, 9.17) is 0 Å². The van der Waals surface area contributed by atoms with Gasteiger partial charge in [-0.1, -0.05) is 27.2 Å². The normalized spacial score (nSPS) is 26.5. The second-order valence-corrected chi connectivity index (χ2v) is 4.57. The quantitative estimate of drug-likeness (QED) is 0.628. The Morgan fingerprint density at radius 1 is 1.42 bits per heavy atom. The molecule has 0 amide bonds. The predicted octanol–water partition coefficient (Wildman–Crippen LogP) is 2.76. The van der Waals surface area contributed by atoms with E-state index < -0.39 is 0 Å². The molecule has 0 bridgehead atoms. The van der Waals surface area contributed by atoms with Crippen molar-refractivity contribution in [3.63, 3.8) is 0 Å². The molecule has 1 saturated heterocycles. The van der Waals surface area contributed by atoms with Gasteiger partial charge in [0, 0.05) is 13.1 Å². The minimum Gasteiger partial charge on any atom is -0.303 e. The summed E-state index contributed by atoms with van der Waals surface area (Å²) in [5, 5.41) is 0. The predicted molar refractivity (Wildman–Crippen MR) is 54.3 cm³/mol. The molecule has 0 radical (unpaired) electrons. The number of piperidine rings is 1. The third-order valence-corrected chi connectivity index (χ3v) is 2.80. The summed E-state index contributed by atoms with van der Waals surface area (Å²) in [5.41, 5.74) is 0. The first-order chi connectivity index (χ1) is 5.72. The maximum Gasteiger partial charge on any atom is 0.000967 e. The average molecular weight is 169 g/mol. The lowest BCUT2D eigenvalue weighted by atomic mass is 9.95. The Bertz CT molecular complexity index is 120. The van der Waals surface area contributed by atoms with Crippen LogP contribution in [-0.2, 0) is 0 Å². The molecule has 1 aliphatic rings. The Labute approximate surface area is 77.1 Å². The van der Waals surface area contributed by atoms with Crippen LogP contribution in [0.4, 0.5) is 0 Å². The van der Waals surface area contributed by atoms with Crippen molar-refractivity contribution >= 4 is 0 Å². The van der Waals surface area contributed by atoms with Crippen LogP contribution in [0.2, 0.25) is 0 Å². The van der Waals surface area contributed by atoms with Crippen LogP contribution in [0.5, 0.6) is 0 Å². The summed E-state index contributed by atoms with van der Waals surface area (Å²) in [5.74, 6) is 1.82. The number of hydrogen-bond acceptors (Lipinski definition) is 1. The highest BCUT2D eigenvalue weighted by Crippen LogP contribution is 2.19. The largest absolute Gasteiger partial charge is 0.303 e. The molecule has 1 atom stereocenters.